The number of hydrogen-bond donors (Lipinski definition) is 1. The van der Waals surface area contributed by atoms with Crippen LogP contribution in [-0.4, -0.2) is 14.5 Å². The number of nitrogens with zero attached hydrogens (tertiary/aromatic N) is 3. The molecule has 19 heavy (non-hydrogen) atoms. The van der Waals surface area contributed by atoms with Crippen molar-refractivity contribution in [2.75, 3.05) is 5.73 Å². The van der Waals surface area contributed by atoms with Gasteiger partial charge >= 0.3 is 0 Å². The van der Waals surface area contributed by atoms with Crippen LogP contribution >= 0.6 is 0 Å². The molecule has 1 saturated carbocycles. The number of rotatable bonds is 2. The molecule has 3 rings (SSSR count). The van der Waals surface area contributed by atoms with E-state index in [0.29, 0.717) is 12.0 Å². The van der Waals surface area contributed by atoms with Gasteiger partial charge in [0.1, 0.15) is 5.52 Å². The van der Waals surface area contributed by atoms with Gasteiger partial charge in [0, 0.05) is 11.7 Å². The molecule has 102 valence electrons. The Balaban J connectivity index is 2.03. The van der Waals surface area contributed by atoms with E-state index in [4.69, 9.17) is 5.73 Å². The molecule has 0 radical (unpaired) electrons. The number of imidazole rings is 1. The van der Waals surface area contributed by atoms with Crippen molar-refractivity contribution in [3.05, 3.63) is 17.8 Å². The Bertz CT molecular complexity index is 587. The minimum atomic E-state index is 0.470. The average molecular weight is 258 g/mol. The third-order valence-corrected chi connectivity index (χ3v) is 4.40. The van der Waals surface area contributed by atoms with Gasteiger partial charge in [-0.2, -0.15) is 0 Å². The maximum Gasteiger partial charge on any atom is 0.202 e. The summed E-state index contributed by atoms with van der Waals surface area (Å²) in [5.74, 6) is 1.44. The van der Waals surface area contributed by atoms with Crippen LogP contribution in [0.25, 0.3) is 11.2 Å². The summed E-state index contributed by atoms with van der Waals surface area (Å²) in [6.07, 6.45) is 6.30. The van der Waals surface area contributed by atoms with E-state index in [9.17, 15) is 0 Å². The zero-order valence-corrected chi connectivity index (χ0v) is 11.8. The molecule has 2 N–H and O–H groups in total. The predicted octanol–water partition coefficient (Wildman–Crippen LogP) is 3.46. The number of anilines is 1. The average Bonchev–Trinajstić information content (AvgIpc) is 2.74. The van der Waals surface area contributed by atoms with Crippen molar-refractivity contribution in [1.82, 2.24) is 14.5 Å². The lowest BCUT2D eigenvalue weighted by Crippen LogP contribution is -2.20. The van der Waals surface area contributed by atoms with Gasteiger partial charge in [0.15, 0.2) is 5.65 Å². The Morgan fingerprint density at radius 2 is 2.16 bits per heavy atom. The monoisotopic (exact) mass is 258 g/mol. The number of aryl methyl sites for hydroxylation is 1. The van der Waals surface area contributed by atoms with Gasteiger partial charge in [-0.25, -0.2) is 9.97 Å². The Labute approximate surface area is 114 Å². The van der Waals surface area contributed by atoms with Crippen LogP contribution in [-0.2, 0) is 0 Å². The van der Waals surface area contributed by atoms with Gasteiger partial charge in [-0.1, -0.05) is 26.2 Å². The Morgan fingerprint density at radius 3 is 2.95 bits per heavy atom. The van der Waals surface area contributed by atoms with Gasteiger partial charge in [-0.3, -0.25) is 4.57 Å². The third-order valence-electron chi connectivity index (χ3n) is 4.40. The maximum absolute atomic E-state index is 6.13. The molecule has 2 atom stereocenters. The standard InChI is InChI=1S/C15H22N4/c1-3-11-5-4-6-12(9-11)19-14-13(18-15(19)16)8-7-10(2)17-14/h7-8,11-12H,3-6,9H2,1-2H3,(H2,16,18). The molecule has 4 nitrogen and oxygen atoms in total. The summed E-state index contributed by atoms with van der Waals surface area (Å²) in [5.41, 5.74) is 9.03. The SMILES string of the molecule is CCC1CCCC(n2c(N)nc3ccc(C)nc32)C1. The number of hydrogen-bond acceptors (Lipinski definition) is 3. The first-order chi connectivity index (χ1) is 9.19. The first-order valence-electron chi connectivity index (χ1n) is 7.30. The van der Waals surface area contributed by atoms with Crippen LogP contribution in [0.2, 0.25) is 0 Å². The van der Waals surface area contributed by atoms with E-state index in [1.54, 1.807) is 0 Å². The number of aromatic nitrogens is 3. The molecule has 0 amide bonds. The quantitative estimate of drug-likeness (QED) is 0.897. The molecule has 0 bridgehead atoms. The topological polar surface area (TPSA) is 56.7 Å². The molecule has 1 aliphatic carbocycles. The second kappa shape index (κ2) is 4.83. The summed E-state index contributed by atoms with van der Waals surface area (Å²) in [5, 5.41) is 0. The summed E-state index contributed by atoms with van der Waals surface area (Å²) in [6.45, 7) is 4.30. The molecule has 0 spiro atoms. The summed E-state index contributed by atoms with van der Waals surface area (Å²) in [6, 6.07) is 4.48. The van der Waals surface area contributed by atoms with Crippen molar-refractivity contribution < 1.29 is 0 Å². The molecule has 2 unspecified atom stereocenters. The summed E-state index contributed by atoms with van der Waals surface area (Å²) in [4.78, 5) is 9.10. The number of nitrogens with two attached hydrogens (primary N) is 1. The van der Waals surface area contributed by atoms with Crippen LogP contribution in [0.15, 0.2) is 12.1 Å². The first kappa shape index (κ1) is 12.5. The minimum absolute atomic E-state index is 0.470. The fourth-order valence-electron chi connectivity index (χ4n) is 3.31. The summed E-state index contributed by atoms with van der Waals surface area (Å²) < 4.78 is 2.17. The largest absolute Gasteiger partial charge is 0.369 e. The second-order valence-corrected chi connectivity index (χ2v) is 5.73. The highest BCUT2D eigenvalue weighted by Gasteiger charge is 2.25. The molecular formula is C15H22N4. The fraction of sp³-hybridized carbons (Fsp3) is 0.600. The molecule has 0 aromatic carbocycles. The molecule has 2 heterocycles. The van der Waals surface area contributed by atoms with Crippen LogP contribution < -0.4 is 5.73 Å². The van der Waals surface area contributed by atoms with Crippen molar-refractivity contribution in [1.29, 1.82) is 0 Å². The molecule has 0 saturated heterocycles. The van der Waals surface area contributed by atoms with Gasteiger partial charge in [0.05, 0.1) is 0 Å². The molecule has 1 aliphatic rings. The molecule has 1 fully saturated rings. The van der Waals surface area contributed by atoms with Crippen molar-refractivity contribution >= 4 is 17.1 Å². The molecule has 2 aromatic rings. The lowest BCUT2D eigenvalue weighted by Gasteiger charge is -2.30. The Morgan fingerprint density at radius 1 is 1.32 bits per heavy atom. The first-order valence-corrected chi connectivity index (χ1v) is 7.30. The van der Waals surface area contributed by atoms with Crippen LogP contribution in [0.1, 0.15) is 50.8 Å². The summed E-state index contributed by atoms with van der Waals surface area (Å²) in [7, 11) is 0. The second-order valence-electron chi connectivity index (χ2n) is 5.73. The van der Waals surface area contributed by atoms with Crippen molar-refractivity contribution in [3.8, 4) is 0 Å². The van der Waals surface area contributed by atoms with E-state index in [1.165, 1.54) is 32.1 Å². The lowest BCUT2D eigenvalue weighted by atomic mass is 9.84. The van der Waals surface area contributed by atoms with Crippen LogP contribution in [0.5, 0.6) is 0 Å². The minimum Gasteiger partial charge on any atom is -0.369 e. The van der Waals surface area contributed by atoms with Gasteiger partial charge in [-0.15, -0.1) is 0 Å². The lowest BCUT2D eigenvalue weighted by molar-refractivity contribution is 0.266. The van der Waals surface area contributed by atoms with E-state index < -0.39 is 0 Å². The van der Waals surface area contributed by atoms with Crippen LogP contribution in [0.4, 0.5) is 5.95 Å². The van der Waals surface area contributed by atoms with Gasteiger partial charge in [0.25, 0.3) is 0 Å². The molecule has 0 aliphatic heterocycles. The predicted molar refractivity (Wildman–Crippen MR) is 78.0 cm³/mol. The van der Waals surface area contributed by atoms with E-state index in [2.05, 4.69) is 21.5 Å². The van der Waals surface area contributed by atoms with Crippen LogP contribution in [0.3, 0.4) is 0 Å². The van der Waals surface area contributed by atoms with E-state index >= 15 is 0 Å². The van der Waals surface area contributed by atoms with Crippen molar-refractivity contribution in [2.24, 2.45) is 5.92 Å². The molecule has 4 heteroatoms. The van der Waals surface area contributed by atoms with Gasteiger partial charge in [-0.05, 0) is 37.8 Å². The zero-order valence-electron chi connectivity index (χ0n) is 11.8. The van der Waals surface area contributed by atoms with Crippen molar-refractivity contribution in [2.45, 2.75) is 52.0 Å². The van der Waals surface area contributed by atoms with Gasteiger partial charge in [0.2, 0.25) is 5.95 Å². The van der Waals surface area contributed by atoms with Crippen LogP contribution in [0, 0.1) is 12.8 Å². The number of nitrogen functional groups attached to an aromatic ring is 1. The highest BCUT2D eigenvalue weighted by molar-refractivity contribution is 5.74. The summed E-state index contributed by atoms with van der Waals surface area (Å²) >= 11 is 0. The molecular weight excluding hydrogens is 236 g/mol. The molecule has 2 aromatic heterocycles. The smallest absolute Gasteiger partial charge is 0.202 e. The highest BCUT2D eigenvalue weighted by Crippen LogP contribution is 2.37. The third kappa shape index (κ3) is 2.20. The highest BCUT2D eigenvalue weighted by atomic mass is 15.2. The van der Waals surface area contributed by atoms with Crippen molar-refractivity contribution in [3.63, 3.8) is 0 Å². The number of pyridine rings is 1. The van der Waals surface area contributed by atoms with E-state index in [0.717, 1.165) is 22.8 Å². The number of fused-ring (bicyclic) bond motifs is 1. The van der Waals surface area contributed by atoms with Gasteiger partial charge < -0.3 is 5.73 Å². The Hall–Kier alpha value is -1.58. The zero-order chi connectivity index (χ0) is 13.4. The van der Waals surface area contributed by atoms with E-state index in [-0.39, 0.29) is 0 Å². The van der Waals surface area contributed by atoms with E-state index in [1.807, 2.05) is 19.1 Å². The fourth-order valence-corrected chi connectivity index (χ4v) is 3.31. The normalized spacial score (nSPS) is 23.9. The maximum atomic E-state index is 6.13. The Kier molecular flexibility index (Phi) is 3.17.